The molecule has 2 amide bonds. The van der Waals surface area contributed by atoms with Crippen LogP contribution in [0.3, 0.4) is 0 Å². The Morgan fingerprint density at radius 1 is 1.22 bits per heavy atom. The summed E-state index contributed by atoms with van der Waals surface area (Å²) in [6, 6.07) is 11.6. The minimum Gasteiger partial charge on any atom is -0.359 e. The molecule has 4 rings (SSSR count). The molecule has 0 aliphatic carbocycles. The molecule has 7 nitrogen and oxygen atoms in total. The van der Waals surface area contributed by atoms with Gasteiger partial charge in [0.15, 0.2) is 5.16 Å². The number of nitrogens with zero attached hydrogens (tertiary/aromatic N) is 3. The Bertz CT molecular complexity index is 1140. The van der Waals surface area contributed by atoms with Crippen molar-refractivity contribution in [3.63, 3.8) is 0 Å². The minimum atomic E-state index is -0.147. The van der Waals surface area contributed by atoms with Crippen LogP contribution in [0.2, 0.25) is 5.02 Å². The largest absolute Gasteiger partial charge is 0.359 e. The predicted octanol–water partition coefficient (Wildman–Crippen LogP) is 3.81. The maximum atomic E-state index is 12.5. The van der Waals surface area contributed by atoms with Crippen LogP contribution in [0.15, 0.2) is 53.9 Å². The van der Waals surface area contributed by atoms with Crippen LogP contribution in [0, 0.1) is 13.8 Å². The van der Waals surface area contributed by atoms with Gasteiger partial charge in [0.2, 0.25) is 11.8 Å². The molecule has 9 heteroatoms. The fourth-order valence-corrected chi connectivity index (χ4v) is 4.77. The molecule has 1 fully saturated rings. The molecule has 32 heavy (non-hydrogen) atoms. The van der Waals surface area contributed by atoms with Crippen LogP contribution >= 0.6 is 23.4 Å². The number of carbonyl (C=O) groups excluding carboxylic acids is 2. The van der Waals surface area contributed by atoms with Crippen molar-refractivity contribution >= 4 is 46.6 Å². The van der Waals surface area contributed by atoms with Gasteiger partial charge in [-0.05, 0) is 55.3 Å². The first-order valence-electron chi connectivity index (χ1n) is 10.2. The van der Waals surface area contributed by atoms with Crippen molar-refractivity contribution in [3.05, 3.63) is 64.9 Å². The van der Waals surface area contributed by atoms with Crippen LogP contribution in [0.25, 0.3) is 5.69 Å². The first-order valence-corrected chi connectivity index (χ1v) is 11.6. The second kappa shape index (κ2) is 9.67. The Balaban J connectivity index is 1.38. The van der Waals surface area contributed by atoms with E-state index in [1.54, 1.807) is 18.3 Å². The van der Waals surface area contributed by atoms with E-state index in [0.29, 0.717) is 23.8 Å². The monoisotopic (exact) mass is 469 g/mol. The van der Waals surface area contributed by atoms with Crippen LogP contribution in [0.5, 0.6) is 0 Å². The van der Waals surface area contributed by atoms with Crippen LogP contribution in [0.4, 0.5) is 11.4 Å². The highest BCUT2D eigenvalue weighted by molar-refractivity contribution is 7.99. The first-order chi connectivity index (χ1) is 15.4. The fraction of sp³-hybridized carbons (Fsp3) is 0.261. The number of rotatable bonds is 6. The van der Waals surface area contributed by atoms with Gasteiger partial charge in [0, 0.05) is 36.9 Å². The van der Waals surface area contributed by atoms with E-state index in [-0.39, 0.29) is 24.1 Å². The average Bonchev–Trinajstić information content (AvgIpc) is 3.20. The topological polar surface area (TPSA) is 79.3 Å². The van der Waals surface area contributed by atoms with E-state index < -0.39 is 0 Å². The van der Waals surface area contributed by atoms with Crippen molar-refractivity contribution in [2.75, 3.05) is 35.6 Å². The molecule has 1 aliphatic heterocycles. The van der Waals surface area contributed by atoms with E-state index >= 15 is 0 Å². The van der Waals surface area contributed by atoms with Crippen molar-refractivity contribution in [2.45, 2.75) is 19.0 Å². The molecule has 2 N–H and O–H groups in total. The normalized spacial score (nSPS) is 13.7. The van der Waals surface area contributed by atoms with Gasteiger partial charge in [-0.25, -0.2) is 4.98 Å². The van der Waals surface area contributed by atoms with Crippen molar-refractivity contribution in [3.8, 4) is 5.69 Å². The molecule has 1 aliphatic rings. The zero-order chi connectivity index (χ0) is 22.7. The van der Waals surface area contributed by atoms with Gasteiger partial charge in [0.1, 0.15) is 0 Å². The molecule has 0 spiro atoms. The lowest BCUT2D eigenvalue weighted by Crippen LogP contribution is -2.47. The van der Waals surface area contributed by atoms with E-state index in [0.717, 1.165) is 16.5 Å². The van der Waals surface area contributed by atoms with Gasteiger partial charge in [-0.2, -0.15) is 0 Å². The van der Waals surface area contributed by atoms with Gasteiger partial charge in [0.05, 0.1) is 23.0 Å². The molecule has 166 valence electrons. The highest BCUT2D eigenvalue weighted by Crippen LogP contribution is 2.29. The third-order valence-corrected chi connectivity index (χ3v) is 6.30. The molecule has 0 radical (unpaired) electrons. The fourth-order valence-electron chi connectivity index (χ4n) is 3.70. The summed E-state index contributed by atoms with van der Waals surface area (Å²) in [7, 11) is 0. The van der Waals surface area contributed by atoms with Gasteiger partial charge in [0.25, 0.3) is 0 Å². The number of thioether (sulfide) groups is 1. The Kier molecular flexibility index (Phi) is 6.72. The lowest BCUT2D eigenvalue weighted by atomic mass is 10.1. The summed E-state index contributed by atoms with van der Waals surface area (Å²) in [5.74, 6) is 0.0417. The van der Waals surface area contributed by atoms with E-state index in [1.807, 2.05) is 21.7 Å². The van der Waals surface area contributed by atoms with Gasteiger partial charge in [-0.15, -0.1) is 0 Å². The van der Waals surface area contributed by atoms with Crippen LogP contribution in [-0.4, -0.2) is 46.8 Å². The highest BCUT2D eigenvalue weighted by atomic mass is 35.5. The van der Waals surface area contributed by atoms with Crippen molar-refractivity contribution in [1.29, 1.82) is 0 Å². The number of aromatic nitrogens is 2. The Hall–Kier alpha value is -2.97. The second-order valence-corrected chi connectivity index (χ2v) is 9.05. The summed E-state index contributed by atoms with van der Waals surface area (Å²) in [6.45, 7) is 5.67. The van der Waals surface area contributed by atoms with Gasteiger partial charge in [-0.3, -0.25) is 14.2 Å². The standard InChI is InChI=1S/C23H24ClN5O2S/c1-15-9-16(2)11-18(10-15)29-8-6-26-23(29)32-14-22(31)27-17-3-4-20(19(24)12-17)28-7-5-25-21(30)13-28/h3-4,6,8-12H,5,7,13-14H2,1-2H3,(H,25,30)(H,27,31). The third-order valence-electron chi connectivity index (χ3n) is 5.03. The van der Waals surface area contributed by atoms with Crippen molar-refractivity contribution in [1.82, 2.24) is 14.9 Å². The number of hydrogen-bond donors (Lipinski definition) is 2. The van der Waals surface area contributed by atoms with Crippen LogP contribution < -0.4 is 15.5 Å². The number of anilines is 2. The lowest BCUT2D eigenvalue weighted by Gasteiger charge is -2.29. The van der Waals surface area contributed by atoms with Crippen molar-refractivity contribution in [2.24, 2.45) is 0 Å². The molecule has 1 saturated heterocycles. The summed E-state index contributed by atoms with van der Waals surface area (Å²) in [5, 5.41) is 6.92. The van der Waals surface area contributed by atoms with E-state index in [2.05, 4.69) is 47.7 Å². The number of imidazole rings is 1. The highest BCUT2D eigenvalue weighted by Gasteiger charge is 2.19. The molecule has 1 aromatic heterocycles. The molecule has 0 unspecified atom stereocenters. The SMILES string of the molecule is Cc1cc(C)cc(-n2ccnc2SCC(=O)Nc2ccc(N3CCNC(=O)C3)c(Cl)c2)c1. The van der Waals surface area contributed by atoms with E-state index in [1.165, 1.54) is 22.9 Å². The summed E-state index contributed by atoms with van der Waals surface area (Å²) in [4.78, 5) is 30.5. The Morgan fingerprint density at radius 3 is 2.72 bits per heavy atom. The maximum absolute atomic E-state index is 12.5. The predicted molar refractivity (Wildman–Crippen MR) is 129 cm³/mol. The molecule has 3 aromatic rings. The molecule has 2 aromatic carbocycles. The number of aryl methyl sites for hydroxylation is 2. The van der Waals surface area contributed by atoms with E-state index in [4.69, 9.17) is 11.6 Å². The van der Waals surface area contributed by atoms with E-state index in [9.17, 15) is 9.59 Å². The number of benzene rings is 2. The lowest BCUT2D eigenvalue weighted by molar-refractivity contribution is -0.120. The molecule has 2 heterocycles. The zero-order valence-corrected chi connectivity index (χ0v) is 19.5. The quantitative estimate of drug-likeness (QED) is 0.537. The van der Waals surface area contributed by atoms with Crippen LogP contribution in [0.1, 0.15) is 11.1 Å². The molecule has 0 atom stereocenters. The molecule has 0 saturated carbocycles. The van der Waals surface area contributed by atoms with Gasteiger partial charge >= 0.3 is 0 Å². The number of amides is 2. The summed E-state index contributed by atoms with van der Waals surface area (Å²) < 4.78 is 1.98. The smallest absolute Gasteiger partial charge is 0.239 e. The maximum Gasteiger partial charge on any atom is 0.239 e. The second-order valence-electron chi connectivity index (χ2n) is 7.70. The third kappa shape index (κ3) is 5.26. The molecule has 0 bridgehead atoms. The van der Waals surface area contributed by atoms with Gasteiger partial charge in [-0.1, -0.05) is 29.4 Å². The van der Waals surface area contributed by atoms with Gasteiger partial charge < -0.3 is 15.5 Å². The number of nitrogens with one attached hydrogen (secondary N) is 2. The first kappa shape index (κ1) is 22.2. The minimum absolute atomic E-state index is 0.0269. The van der Waals surface area contributed by atoms with Crippen molar-refractivity contribution < 1.29 is 9.59 Å². The number of halogens is 1. The molecular weight excluding hydrogens is 446 g/mol. The Morgan fingerprint density at radius 2 is 2.00 bits per heavy atom. The Labute approximate surface area is 196 Å². The summed E-state index contributed by atoms with van der Waals surface area (Å²) in [6.07, 6.45) is 3.63. The number of carbonyl (C=O) groups is 2. The van der Waals surface area contributed by atoms with Crippen LogP contribution in [-0.2, 0) is 9.59 Å². The molecular formula is C23H24ClN5O2S. The zero-order valence-electron chi connectivity index (χ0n) is 17.9. The number of hydrogen-bond acceptors (Lipinski definition) is 5. The number of piperazine rings is 1. The summed E-state index contributed by atoms with van der Waals surface area (Å²) in [5.41, 5.74) is 4.77. The average molecular weight is 470 g/mol. The summed E-state index contributed by atoms with van der Waals surface area (Å²) >= 11 is 7.80.